The zero-order valence-electron chi connectivity index (χ0n) is 12.2. The molecule has 1 aliphatic carbocycles. The summed E-state index contributed by atoms with van der Waals surface area (Å²) in [5.41, 5.74) is -0.184. The Kier molecular flexibility index (Phi) is 4.93. The number of aliphatic carboxylic acids is 1. The van der Waals surface area contributed by atoms with Gasteiger partial charge in [0.1, 0.15) is 0 Å². The van der Waals surface area contributed by atoms with E-state index in [4.69, 9.17) is 0 Å². The summed E-state index contributed by atoms with van der Waals surface area (Å²) >= 11 is 0. The lowest BCUT2D eigenvalue weighted by atomic mass is 9.78. The molecule has 1 saturated carbocycles. The molecule has 0 saturated heterocycles. The maximum atomic E-state index is 13.8. The minimum atomic E-state index is -0.864. The largest absolute Gasteiger partial charge is 0.481 e. The summed E-state index contributed by atoms with van der Waals surface area (Å²) in [7, 11) is 1.80. The fraction of sp³-hybridized carbons (Fsp3) is 0.562. The quantitative estimate of drug-likeness (QED) is 0.903. The van der Waals surface area contributed by atoms with Crippen molar-refractivity contribution in [3.05, 3.63) is 35.4 Å². The van der Waals surface area contributed by atoms with E-state index in [0.717, 1.165) is 38.2 Å². The molecule has 116 valence electrons. The van der Waals surface area contributed by atoms with Gasteiger partial charge in [-0.1, -0.05) is 31.4 Å². The van der Waals surface area contributed by atoms with Gasteiger partial charge in [0.2, 0.25) is 0 Å². The van der Waals surface area contributed by atoms with Crippen LogP contribution in [0.5, 0.6) is 0 Å². The normalized spacial score (nSPS) is 17.9. The Bertz CT molecular complexity index is 513. The van der Waals surface area contributed by atoms with E-state index in [0.29, 0.717) is 0 Å². The molecule has 2 rings (SSSR count). The highest BCUT2D eigenvalue weighted by atomic mass is 19.2. The van der Waals surface area contributed by atoms with Gasteiger partial charge in [-0.15, -0.1) is 0 Å². The first-order valence-corrected chi connectivity index (χ1v) is 7.30. The van der Waals surface area contributed by atoms with Crippen LogP contribution in [0.3, 0.4) is 0 Å². The van der Waals surface area contributed by atoms with E-state index < -0.39 is 23.1 Å². The van der Waals surface area contributed by atoms with Gasteiger partial charge in [0.15, 0.2) is 11.6 Å². The highest BCUT2D eigenvalue weighted by Crippen LogP contribution is 2.36. The van der Waals surface area contributed by atoms with Gasteiger partial charge in [-0.3, -0.25) is 9.69 Å². The SMILES string of the molecule is CN(Cc1cccc(F)c1F)C1(CC(=O)O)CCCCC1. The predicted octanol–water partition coefficient (Wildman–Crippen LogP) is 3.57. The van der Waals surface area contributed by atoms with E-state index in [1.54, 1.807) is 13.1 Å². The van der Waals surface area contributed by atoms with E-state index in [1.165, 1.54) is 6.07 Å². The zero-order valence-corrected chi connectivity index (χ0v) is 12.2. The molecule has 1 aromatic carbocycles. The third kappa shape index (κ3) is 3.59. The van der Waals surface area contributed by atoms with Gasteiger partial charge in [0.25, 0.3) is 0 Å². The number of carboxylic acids is 1. The standard InChI is InChI=1S/C16H21F2NO2/c1-19(11-12-6-5-7-13(17)15(12)18)16(10-14(20)21)8-3-2-4-9-16/h5-7H,2-4,8-11H2,1H3,(H,20,21). The van der Waals surface area contributed by atoms with Gasteiger partial charge in [0.05, 0.1) is 6.42 Å². The third-order valence-corrected chi connectivity index (χ3v) is 4.51. The maximum Gasteiger partial charge on any atom is 0.305 e. The van der Waals surface area contributed by atoms with Crippen LogP contribution in [0.2, 0.25) is 0 Å². The minimum Gasteiger partial charge on any atom is -0.481 e. The lowest BCUT2D eigenvalue weighted by Crippen LogP contribution is -2.49. The molecule has 0 unspecified atom stereocenters. The van der Waals surface area contributed by atoms with E-state index in [1.807, 2.05) is 4.90 Å². The van der Waals surface area contributed by atoms with Crippen LogP contribution in [0.25, 0.3) is 0 Å². The summed E-state index contributed by atoms with van der Waals surface area (Å²) in [6.45, 7) is 0.219. The van der Waals surface area contributed by atoms with Crippen LogP contribution in [-0.2, 0) is 11.3 Å². The molecular formula is C16H21F2NO2. The number of halogens is 2. The molecule has 0 aliphatic heterocycles. The number of hydrogen-bond acceptors (Lipinski definition) is 2. The molecule has 21 heavy (non-hydrogen) atoms. The lowest BCUT2D eigenvalue weighted by molar-refractivity contribution is -0.141. The summed E-state index contributed by atoms with van der Waals surface area (Å²) in [6.07, 6.45) is 4.66. The van der Waals surface area contributed by atoms with E-state index in [2.05, 4.69) is 0 Å². The Balaban J connectivity index is 2.20. The van der Waals surface area contributed by atoms with E-state index in [-0.39, 0.29) is 18.5 Å². The molecule has 0 aromatic heterocycles. The molecule has 0 bridgehead atoms. The van der Waals surface area contributed by atoms with Crippen LogP contribution in [-0.4, -0.2) is 28.6 Å². The third-order valence-electron chi connectivity index (χ3n) is 4.51. The van der Waals surface area contributed by atoms with Crippen molar-refractivity contribution in [3.8, 4) is 0 Å². The molecule has 1 N–H and O–H groups in total. The lowest BCUT2D eigenvalue weighted by Gasteiger charge is -2.44. The predicted molar refractivity (Wildman–Crippen MR) is 75.9 cm³/mol. The van der Waals surface area contributed by atoms with Crippen LogP contribution in [0, 0.1) is 11.6 Å². The van der Waals surface area contributed by atoms with Gasteiger partial charge < -0.3 is 5.11 Å². The van der Waals surface area contributed by atoms with Crippen molar-refractivity contribution in [2.24, 2.45) is 0 Å². The summed E-state index contributed by atoms with van der Waals surface area (Å²) in [5, 5.41) is 9.18. The van der Waals surface area contributed by atoms with Gasteiger partial charge in [0, 0.05) is 17.6 Å². The Hall–Kier alpha value is -1.49. The summed E-state index contributed by atoms with van der Waals surface area (Å²) in [4.78, 5) is 13.1. The summed E-state index contributed by atoms with van der Waals surface area (Å²) in [6, 6.07) is 4.12. The number of nitrogens with zero attached hydrogens (tertiary/aromatic N) is 1. The van der Waals surface area contributed by atoms with Crippen LogP contribution in [0.1, 0.15) is 44.1 Å². The monoisotopic (exact) mass is 297 g/mol. The zero-order chi connectivity index (χ0) is 15.5. The summed E-state index contributed by atoms with van der Waals surface area (Å²) in [5.74, 6) is -2.55. The first-order valence-electron chi connectivity index (χ1n) is 7.30. The topological polar surface area (TPSA) is 40.5 Å². The van der Waals surface area contributed by atoms with Gasteiger partial charge in [-0.25, -0.2) is 8.78 Å². The van der Waals surface area contributed by atoms with Crippen molar-refractivity contribution >= 4 is 5.97 Å². The van der Waals surface area contributed by atoms with Crippen molar-refractivity contribution in [2.45, 2.75) is 50.6 Å². The van der Waals surface area contributed by atoms with Crippen molar-refractivity contribution in [3.63, 3.8) is 0 Å². The van der Waals surface area contributed by atoms with Crippen LogP contribution in [0.15, 0.2) is 18.2 Å². The number of hydrogen-bond donors (Lipinski definition) is 1. The molecule has 0 atom stereocenters. The molecular weight excluding hydrogens is 276 g/mol. The van der Waals surface area contributed by atoms with E-state index in [9.17, 15) is 18.7 Å². The Morgan fingerprint density at radius 1 is 1.29 bits per heavy atom. The Labute approximate surface area is 123 Å². The van der Waals surface area contributed by atoms with Crippen molar-refractivity contribution < 1.29 is 18.7 Å². The molecule has 0 amide bonds. The maximum absolute atomic E-state index is 13.8. The summed E-state index contributed by atoms with van der Waals surface area (Å²) < 4.78 is 27.1. The number of carbonyl (C=O) groups is 1. The minimum absolute atomic E-state index is 0.0421. The average Bonchev–Trinajstić information content (AvgIpc) is 2.44. The number of benzene rings is 1. The van der Waals surface area contributed by atoms with Gasteiger partial charge in [-0.05, 0) is 26.0 Å². The second-order valence-corrected chi connectivity index (χ2v) is 5.92. The number of rotatable bonds is 5. The highest BCUT2D eigenvalue weighted by Gasteiger charge is 2.38. The fourth-order valence-electron chi connectivity index (χ4n) is 3.28. The first kappa shape index (κ1) is 15.9. The van der Waals surface area contributed by atoms with Crippen LogP contribution < -0.4 is 0 Å². The molecule has 0 spiro atoms. The molecule has 5 heteroatoms. The van der Waals surface area contributed by atoms with Crippen LogP contribution >= 0.6 is 0 Å². The van der Waals surface area contributed by atoms with Gasteiger partial charge >= 0.3 is 5.97 Å². The Morgan fingerprint density at radius 2 is 1.95 bits per heavy atom. The second-order valence-electron chi connectivity index (χ2n) is 5.92. The fourth-order valence-corrected chi connectivity index (χ4v) is 3.28. The number of carboxylic acid groups (broad SMARTS) is 1. The van der Waals surface area contributed by atoms with Gasteiger partial charge in [-0.2, -0.15) is 0 Å². The van der Waals surface area contributed by atoms with Crippen molar-refractivity contribution in [1.82, 2.24) is 4.90 Å². The molecule has 1 aromatic rings. The smallest absolute Gasteiger partial charge is 0.305 e. The van der Waals surface area contributed by atoms with Crippen molar-refractivity contribution in [1.29, 1.82) is 0 Å². The molecule has 1 fully saturated rings. The van der Waals surface area contributed by atoms with E-state index >= 15 is 0 Å². The molecule has 1 aliphatic rings. The first-order chi connectivity index (χ1) is 9.94. The van der Waals surface area contributed by atoms with Crippen LogP contribution in [0.4, 0.5) is 8.78 Å². The average molecular weight is 297 g/mol. The molecule has 0 heterocycles. The Morgan fingerprint density at radius 3 is 2.57 bits per heavy atom. The second kappa shape index (κ2) is 6.52. The highest BCUT2D eigenvalue weighted by molar-refractivity contribution is 5.68. The van der Waals surface area contributed by atoms with Crippen molar-refractivity contribution in [2.75, 3.05) is 7.05 Å². The molecule has 0 radical (unpaired) electrons. The molecule has 3 nitrogen and oxygen atoms in total.